The Morgan fingerprint density at radius 2 is 1.85 bits per heavy atom. The van der Waals surface area contributed by atoms with E-state index in [-0.39, 0.29) is 6.03 Å². The number of nitrogens with one attached hydrogen (secondary N) is 1. The van der Waals surface area contributed by atoms with E-state index in [1.165, 1.54) is 16.7 Å². The minimum absolute atomic E-state index is 0.0205. The Labute approximate surface area is 161 Å². The van der Waals surface area contributed by atoms with Gasteiger partial charge in [-0.25, -0.2) is 14.8 Å². The number of rotatable bonds is 4. The number of carbonyl (C=O) groups excluding carboxylic acids is 1. The molecule has 1 aliphatic rings. The summed E-state index contributed by atoms with van der Waals surface area (Å²) in [4.78, 5) is 25.6. The van der Waals surface area contributed by atoms with Gasteiger partial charge in [0.05, 0.1) is 0 Å². The Hall–Kier alpha value is -2.63. The molecular formula is C21H29N5O. The fourth-order valence-electron chi connectivity index (χ4n) is 3.60. The van der Waals surface area contributed by atoms with E-state index in [0.29, 0.717) is 19.6 Å². The van der Waals surface area contributed by atoms with Gasteiger partial charge in [0.15, 0.2) is 0 Å². The highest BCUT2D eigenvalue weighted by atomic mass is 16.2. The maximum atomic E-state index is 12.1. The number of hydrogen-bond donors (Lipinski definition) is 1. The normalized spacial score (nSPS) is 14.4. The molecule has 144 valence electrons. The summed E-state index contributed by atoms with van der Waals surface area (Å²) in [5.41, 5.74) is 4.74. The molecule has 1 saturated heterocycles. The molecule has 0 unspecified atom stereocenters. The minimum atomic E-state index is 0.0205. The van der Waals surface area contributed by atoms with E-state index in [9.17, 15) is 4.79 Å². The van der Waals surface area contributed by atoms with E-state index >= 15 is 0 Å². The summed E-state index contributed by atoms with van der Waals surface area (Å²) in [6, 6.07) is 8.61. The molecule has 0 radical (unpaired) electrons. The van der Waals surface area contributed by atoms with Crippen LogP contribution in [0.1, 0.15) is 35.1 Å². The minimum Gasteiger partial charge on any atom is -0.353 e. The summed E-state index contributed by atoms with van der Waals surface area (Å²) in [5.74, 6) is 1.80. The Kier molecular flexibility index (Phi) is 5.94. The lowest BCUT2D eigenvalue weighted by molar-refractivity contribution is 0.195. The van der Waals surface area contributed by atoms with Crippen LogP contribution in [0.15, 0.2) is 24.3 Å². The molecule has 1 aromatic heterocycles. The van der Waals surface area contributed by atoms with E-state index in [2.05, 4.69) is 53.3 Å². The molecule has 6 heteroatoms. The summed E-state index contributed by atoms with van der Waals surface area (Å²) >= 11 is 0. The zero-order valence-electron chi connectivity index (χ0n) is 16.7. The van der Waals surface area contributed by atoms with Crippen molar-refractivity contribution < 1.29 is 4.79 Å². The second-order valence-corrected chi connectivity index (χ2v) is 7.13. The molecule has 0 aliphatic carbocycles. The first kappa shape index (κ1) is 19.1. The van der Waals surface area contributed by atoms with Gasteiger partial charge in [-0.1, -0.05) is 29.8 Å². The largest absolute Gasteiger partial charge is 0.353 e. The standard InChI is InChI=1S/C21H29N5O/c1-5-22-21(27)26-11-9-25(10-12-26)20-19(16(3)23-17(4)24-20)14-18-8-6-7-15(2)13-18/h6-8,13H,5,9-12,14H2,1-4H3,(H,22,27). The van der Waals surface area contributed by atoms with Gasteiger partial charge >= 0.3 is 6.03 Å². The monoisotopic (exact) mass is 367 g/mol. The first-order valence-electron chi connectivity index (χ1n) is 9.65. The predicted octanol–water partition coefficient (Wildman–Crippen LogP) is 2.84. The zero-order chi connectivity index (χ0) is 19.4. The second kappa shape index (κ2) is 8.37. The van der Waals surface area contributed by atoms with E-state index in [1.807, 2.05) is 18.7 Å². The molecule has 0 saturated carbocycles. The van der Waals surface area contributed by atoms with Gasteiger partial charge in [0, 0.05) is 50.4 Å². The van der Waals surface area contributed by atoms with Crippen LogP contribution in [0.25, 0.3) is 0 Å². The SMILES string of the molecule is CCNC(=O)N1CCN(c2nc(C)nc(C)c2Cc2cccc(C)c2)CC1. The number of urea groups is 1. The number of aryl methyl sites for hydroxylation is 3. The second-order valence-electron chi connectivity index (χ2n) is 7.13. The summed E-state index contributed by atoms with van der Waals surface area (Å²) in [5, 5.41) is 2.88. The van der Waals surface area contributed by atoms with Gasteiger partial charge in [-0.05, 0) is 33.3 Å². The van der Waals surface area contributed by atoms with Crippen molar-refractivity contribution in [1.82, 2.24) is 20.2 Å². The van der Waals surface area contributed by atoms with Crippen LogP contribution in [0.5, 0.6) is 0 Å². The number of anilines is 1. The number of carbonyl (C=O) groups is 1. The molecule has 0 bridgehead atoms. The number of hydrogen-bond acceptors (Lipinski definition) is 4. The van der Waals surface area contributed by atoms with Crippen LogP contribution < -0.4 is 10.2 Å². The lowest BCUT2D eigenvalue weighted by atomic mass is 10.0. The molecule has 0 atom stereocenters. The van der Waals surface area contributed by atoms with Crippen molar-refractivity contribution in [3.8, 4) is 0 Å². The molecule has 27 heavy (non-hydrogen) atoms. The number of aromatic nitrogens is 2. The third-order valence-electron chi connectivity index (χ3n) is 4.96. The van der Waals surface area contributed by atoms with Crippen LogP contribution in [0.4, 0.5) is 10.6 Å². The number of amides is 2. The van der Waals surface area contributed by atoms with Gasteiger partial charge < -0.3 is 15.1 Å². The quantitative estimate of drug-likeness (QED) is 0.903. The summed E-state index contributed by atoms with van der Waals surface area (Å²) in [6.45, 7) is 11.7. The zero-order valence-corrected chi connectivity index (χ0v) is 16.7. The fraction of sp³-hybridized carbons (Fsp3) is 0.476. The highest BCUT2D eigenvalue weighted by Gasteiger charge is 2.24. The molecule has 2 amide bonds. The van der Waals surface area contributed by atoms with Crippen LogP contribution >= 0.6 is 0 Å². The third-order valence-corrected chi connectivity index (χ3v) is 4.96. The topological polar surface area (TPSA) is 61.4 Å². The Balaban J connectivity index is 1.82. The van der Waals surface area contributed by atoms with Crippen molar-refractivity contribution in [2.75, 3.05) is 37.6 Å². The molecule has 1 aromatic carbocycles. The molecule has 1 N–H and O–H groups in total. The van der Waals surface area contributed by atoms with Gasteiger partial charge in [0.25, 0.3) is 0 Å². The first-order chi connectivity index (χ1) is 13.0. The van der Waals surface area contributed by atoms with Crippen molar-refractivity contribution in [2.45, 2.75) is 34.1 Å². The maximum Gasteiger partial charge on any atom is 0.317 e. The fourth-order valence-corrected chi connectivity index (χ4v) is 3.60. The highest BCUT2D eigenvalue weighted by Crippen LogP contribution is 2.25. The van der Waals surface area contributed by atoms with Crippen molar-refractivity contribution in [3.05, 3.63) is 52.5 Å². The third kappa shape index (κ3) is 4.56. The van der Waals surface area contributed by atoms with E-state index in [1.54, 1.807) is 0 Å². The Bertz CT molecular complexity index is 812. The summed E-state index contributed by atoms with van der Waals surface area (Å²) in [7, 11) is 0. The van der Waals surface area contributed by atoms with Crippen LogP contribution in [0.3, 0.4) is 0 Å². The lowest BCUT2D eigenvalue weighted by Gasteiger charge is -2.36. The Morgan fingerprint density at radius 3 is 2.52 bits per heavy atom. The first-order valence-corrected chi connectivity index (χ1v) is 9.65. The van der Waals surface area contributed by atoms with Crippen LogP contribution in [-0.2, 0) is 6.42 Å². The highest BCUT2D eigenvalue weighted by molar-refractivity contribution is 5.74. The molecule has 1 fully saturated rings. The van der Waals surface area contributed by atoms with E-state index in [4.69, 9.17) is 4.98 Å². The van der Waals surface area contributed by atoms with Gasteiger partial charge in [0.1, 0.15) is 11.6 Å². The number of piperazine rings is 1. The predicted molar refractivity (Wildman–Crippen MR) is 108 cm³/mol. The molecule has 1 aliphatic heterocycles. The van der Waals surface area contributed by atoms with Gasteiger partial charge in [0.2, 0.25) is 0 Å². The smallest absolute Gasteiger partial charge is 0.317 e. The van der Waals surface area contributed by atoms with Crippen LogP contribution in [0.2, 0.25) is 0 Å². The number of nitrogens with zero attached hydrogens (tertiary/aromatic N) is 4. The van der Waals surface area contributed by atoms with E-state index < -0.39 is 0 Å². The summed E-state index contributed by atoms with van der Waals surface area (Å²) < 4.78 is 0. The van der Waals surface area contributed by atoms with Crippen LogP contribution in [0, 0.1) is 20.8 Å². The van der Waals surface area contributed by atoms with Gasteiger partial charge in [-0.3, -0.25) is 0 Å². The molecule has 6 nitrogen and oxygen atoms in total. The molecule has 2 aromatic rings. The summed E-state index contributed by atoms with van der Waals surface area (Å²) in [6.07, 6.45) is 0.819. The van der Waals surface area contributed by atoms with Crippen LogP contribution in [-0.4, -0.2) is 53.6 Å². The number of benzene rings is 1. The molecule has 2 heterocycles. The average Bonchev–Trinajstić information content (AvgIpc) is 2.64. The lowest BCUT2D eigenvalue weighted by Crippen LogP contribution is -2.52. The molecule has 0 spiro atoms. The van der Waals surface area contributed by atoms with E-state index in [0.717, 1.165) is 36.8 Å². The molecule has 3 rings (SSSR count). The van der Waals surface area contributed by atoms with Gasteiger partial charge in [-0.15, -0.1) is 0 Å². The van der Waals surface area contributed by atoms with Crippen molar-refractivity contribution >= 4 is 11.8 Å². The van der Waals surface area contributed by atoms with Crippen molar-refractivity contribution in [1.29, 1.82) is 0 Å². The van der Waals surface area contributed by atoms with Crippen molar-refractivity contribution in [2.24, 2.45) is 0 Å². The average molecular weight is 367 g/mol. The molecular weight excluding hydrogens is 338 g/mol. The van der Waals surface area contributed by atoms with Gasteiger partial charge in [-0.2, -0.15) is 0 Å². The maximum absolute atomic E-state index is 12.1. The van der Waals surface area contributed by atoms with Crippen molar-refractivity contribution in [3.63, 3.8) is 0 Å². The Morgan fingerprint density at radius 1 is 1.11 bits per heavy atom.